The number of nitrogens with zero attached hydrogens (tertiary/aromatic N) is 1. The highest BCUT2D eigenvalue weighted by Crippen LogP contribution is 2.13. The van der Waals surface area contributed by atoms with Crippen LogP contribution in [0.3, 0.4) is 0 Å². The standard InChI is InChI=1S/C18H27NO3/c1-4-17(21-2)9-6-12-19(13-14-20)15-16-7-5-8-18(22-3)11-10-16/h4-6,8,10-12,17,20H,1,7,9,13-15H2,2-3H3/b12-6+. The molecule has 1 aliphatic rings. The van der Waals surface area contributed by atoms with E-state index in [4.69, 9.17) is 9.47 Å². The van der Waals surface area contributed by atoms with Gasteiger partial charge in [0.25, 0.3) is 0 Å². The normalized spacial score (nSPS) is 16.0. The van der Waals surface area contributed by atoms with Gasteiger partial charge in [-0.15, -0.1) is 6.58 Å². The van der Waals surface area contributed by atoms with Crippen LogP contribution in [0.25, 0.3) is 0 Å². The first kappa shape index (κ1) is 18.3. The third-order valence-electron chi connectivity index (χ3n) is 3.42. The minimum atomic E-state index is 0.0273. The molecule has 1 unspecified atom stereocenters. The summed E-state index contributed by atoms with van der Waals surface area (Å²) in [5.41, 5.74) is 1.27. The number of allylic oxidation sites excluding steroid dienone is 4. The fraction of sp³-hybridized carbons (Fsp3) is 0.444. The monoisotopic (exact) mass is 305 g/mol. The molecule has 0 amide bonds. The number of hydrogen-bond donors (Lipinski definition) is 1. The summed E-state index contributed by atoms with van der Waals surface area (Å²) < 4.78 is 10.5. The van der Waals surface area contributed by atoms with Crippen molar-refractivity contribution >= 4 is 0 Å². The number of rotatable bonds is 10. The summed E-state index contributed by atoms with van der Waals surface area (Å²) >= 11 is 0. The minimum absolute atomic E-state index is 0.0273. The zero-order valence-electron chi connectivity index (χ0n) is 13.6. The molecule has 0 aromatic rings. The average Bonchev–Trinajstić information content (AvgIpc) is 2.77. The van der Waals surface area contributed by atoms with Crippen LogP contribution in [0.1, 0.15) is 12.8 Å². The zero-order chi connectivity index (χ0) is 16.2. The van der Waals surface area contributed by atoms with E-state index in [0.29, 0.717) is 6.54 Å². The molecule has 4 nitrogen and oxygen atoms in total. The first-order chi connectivity index (χ1) is 10.7. The number of ether oxygens (including phenoxy) is 2. The second-order valence-corrected chi connectivity index (χ2v) is 5.03. The molecule has 1 N–H and O–H groups in total. The van der Waals surface area contributed by atoms with Crippen LogP contribution >= 0.6 is 0 Å². The summed E-state index contributed by atoms with van der Waals surface area (Å²) in [5, 5.41) is 9.22. The van der Waals surface area contributed by atoms with Gasteiger partial charge in [-0.05, 0) is 36.8 Å². The van der Waals surface area contributed by atoms with Gasteiger partial charge < -0.3 is 19.5 Å². The van der Waals surface area contributed by atoms with Crippen molar-refractivity contribution < 1.29 is 14.6 Å². The number of methoxy groups -OCH3 is 2. The quantitative estimate of drug-likeness (QED) is 0.630. The molecule has 0 aliphatic heterocycles. The van der Waals surface area contributed by atoms with Gasteiger partial charge in [0.15, 0.2) is 0 Å². The summed E-state index contributed by atoms with van der Waals surface area (Å²) in [6, 6.07) is 0. The number of aliphatic hydroxyl groups is 1. The molecule has 122 valence electrons. The van der Waals surface area contributed by atoms with Gasteiger partial charge >= 0.3 is 0 Å². The molecule has 0 saturated heterocycles. The van der Waals surface area contributed by atoms with Gasteiger partial charge in [-0.1, -0.05) is 24.3 Å². The molecular formula is C18H27NO3. The highest BCUT2D eigenvalue weighted by molar-refractivity contribution is 5.28. The van der Waals surface area contributed by atoms with Gasteiger partial charge in [0.2, 0.25) is 0 Å². The van der Waals surface area contributed by atoms with Crippen molar-refractivity contribution in [1.29, 1.82) is 0 Å². The largest absolute Gasteiger partial charge is 0.497 e. The molecule has 0 radical (unpaired) electrons. The molecule has 0 saturated carbocycles. The topological polar surface area (TPSA) is 41.9 Å². The lowest BCUT2D eigenvalue weighted by Crippen LogP contribution is -2.23. The molecule has 0 spiro atoms. The summed E-state index contributed by atoms with van der Waals surface area (Å²) in [7, 11) is 3.34. The number of hydrogen-bond acceptors (Lipinski definition) is 4. The van der Waals surface area contributed by atoms with E-state index >= 15 is 0 Å². The molecule has 22 heavy (non-hydrogen) atoms. The third kappa shape index (κ3) is 6.78. The van der Waals surface area contributed by atoms with E-state index in [0.717, 1.165) is 25.1 Å². The van der Waals surface area contributed by atoms with Crippen molar-refractivity contribution in [2.24, 2.45) is 0 Å². The maximum absolute atomic E-state index is 9.22. The Morgan fingerprint density at radius 1 is 1.41 bits per heavy atom. The Kier molecular flexibility index (Phi) is 9.03. The van der Waals surface area contributed by atoms with Gasteiger partial charge in [-0.2, -0.15) is 0 Å². The van der Waals surface area contributed by atoms with Crippen molar-refractivity contribution in [2.75, 3.05) is 33.9 Å². The van der Waals surface area contributed by atoms with Gasteiger partial charge in [0.05, 0.1) is 19.8 Å². The molecule has 0 bridgehead atoms. The second kappa shape index (κ2) is 10.9. The zero-order valence-corrected chi connectivity index (χ0v) is 13.6. The minimum Gasteiger partial charge on any atom is -0.497 e. The average molecular weight is 305 g/mol. The first-order valence-electron chi connectivity index (χ1n) is 7.50. The number of aliphatic hydroxyl groups excluding tert-OH is 1. The highest BCUT2D eigenvalue weighted by Gasteiger charge is 2.05. The molecule has 1 atom stereocenters. The van der Waals surface area contributed by atoms with E-state index in [9.17, 15) is 5.11 Å². The van der Waals surface area contributed by atoms with E-state index < -0.39 is 0 Å². The second-order valence-electron chi connectivity index (χ2n) is 5.03. The van der Waals surface area contributed by atoms with Crippen molar-refractivity contribution in [1.82, 2.24) is 4.90 Å². The molecule has 1 rings (SSSR count). The van der Waals surface area contributed by atoms with Crippen molar-refractivity contribution in [3.63, 3.8) is 0 Å². The molecule has 0 aromatic heterocycles. The van der Waals surface area contributed by atoms with E-state index in [1.807, 2.05) is 18.4 Å². The maximum Gasteiger partial charge on any atom is 0.118 e. The lowest BCUT2D eigenvalue weighted by molar-refractivity contribution is 0.143. The summed E-state index contributed by atoms with van der Waals surface area (Å²) in [6.45, 7) is 5.24. The van der Waals surface area contributed by atoms with Crippen molar-refractivity contribution in [3.05, 3.63) is 60.6 Å². The van der Waals surface area contributed by atoms with E-state index in [2.05, 4.69) is 29.7 Å². The maximum atomic E-state index is 9.22. The lowest BCUT2D eigenvalue weighted by Gasteiger charge is -2.21. The summed E-state index contributed by atoms with van der Waals surface area (Å²) in [5.74, 6) is 0.855. The fourth-order valence-electron chi connectivity index (χ4n) is 2.13. The van der Waals surface area contributed by atoms with Gasteiger partial charge in [0.1, 0.15) is 5.76 Å². The first-order valence-corrected chi connectivity index (χ1v) is 7.50. The van der Waals surface area contributed by atoms with Crippen LogP contribution in [0, 0.1) is 0 Å². The Morgan fingerprint density at radius 2 is 2.23 bits per heavy atom. The molecule has 0 heterocycles. The van der Waals surface area contributed by atoms with E-state index in [1.54, 1.807) is 20.3 Å². The van der Waals surface area contributed by atoms with Gasteiger partial charge in [0, 0.05) is 20.2 Å². The smallest absolute Gasteiger partial charge is 0.118 e. The Hall–Kier alpha value is -1.78. The van der Waals surface area contributed by atoms with E-state index in [1.165, 1.54) is 5.57 Å². The SMILES string of the molecule is C=CC(C/C=C/N(CCO)CC1=CC=C(OC)C=CC1)OC. The Labute approximate surface area is 133 Å². The van der Waals surface area contributed by atoms with E-state index in [-0.39, 0.29) is 12.7 Å². The molecule has 4 heteroatoms. The molecular weight excluding hydrogens is 278 g/mol. The molecule has 0 fully saturated rings. The Balaban J connectivity index is 2.62. The van der Waals surface area contributed by atoms with Crippen LogP contribution in [0.2, 0.25) is 0 Å². The summed E-state index contributed by atoms with van der Waals surface area (Å²) in [4.78, 5) is 2.10. The van der Waals surface area contributed by atoms with Crippen LogP contribution in [-0.2, 0) is 9.47 Å². The van der Waals surface area contributed by atoms with Crippen LogP contribution in [-0.4, -0.2) is 50.0 Å². The van der Waals surface area contributed by atoms with Crippen LogP contribution < -0.4 is 0 Å². The summed E-state index contributed by atoms with van der Waals surface area (Å²) in [6.07, 6.45) is 15.7. The lowest BCUT2D eigenvalue weighted by atomic mass is 10.1. The van der Waals surface area contributed by atoms with Crippen LogP contribution in [0.5, 0.6) is 0 Å². The van der Waals surface area contributed by atoms with Gasteiger partial charge in [-0.25, -0.2) is 0 Å². The fourth-order valence-corrected chi connectivity index (χ4v) is 2.13. The predicted octanol–water partition coefficient (Wildman–Crippen LogP) is 2.80. The van der Waals surface area contributed by atoms with Gasteiger partial charge in [-0.3, -0.25) is 0 Å². The van der Waals surface area contributed by atoms with Crippen molar-refractivity contribution in [2.45, 2.75) is 18.9 Å². The Bertz CT molecular complexity index is 449. The Morgan fingerprint density at radius 3 is 2.86 bits per heavy atom. The predicted molar refractivity (Wildman–Crippen MR) is 90.3 cm³/mol. The van der Waals surface area contributed by atoms with Crippen molar-refractivity contribution in [3.8, 4) is 0 Å². The third-order valence-corrected chi connectivity index (χ3v) is 3.42. The molecule has 1 aliphatic carbocycles. The van der Waals surface area contributed by atoms with Crippen LogP contribution in [0.15, 0.2) is 60.6 Å². The molecule has 0 aromatic carbocycles. The van der Waals surface area contributed by atoms with Crippen LogP contribution in [0.4, 0.5) is 0 Å². The highest BCUT2D eigenvalue weighted by atomic mass is 16.5.